The summed E-state index contributed by atoms with van der Waals surface area (Å²) in [5.74, 6) is 1.28. The topological polar surface area (TPSA) is 77.2 Å². The van der Waals surface area contributed by atoms with Crippen molar-refractivity contribution < 1.29 is 18.4 Å². The highest BCUT2D eigenvalue weighted by atomic mass is 19.1. The lowest BCUT2D eigenvalue weighted by Crippen LogP contribution is -2.09. The minimum absolute atomic E-state index is 0.0629. The Morgan fingerprint density at radius 3 is 2.29 bits per heavy atom. The zero-order valence-corrected chi connectivity index (χ0v) is 20.6. The first kappa shape index (κ1) is 23.6. The number of anilines is 2. The van der Waals surface area contributed by atoms with Crippen LogP contribution in [-0.2, 0) is 4.79 Å². The minimum Gasteiger partial charge on any atom is -0.426 e. The van der Waals surface area contributed by atoms with Crippen LogP contribution in [0.4, 0.5) is 15.9 Å². The van der Waals surface area contributed by atoms with Crippen LogP contribution in [0.1, 0.15) is 18.5 Å². The minimum atomic E-state index is -0.326. The summed E-state index contributed by atoms with van der Waals surface area (Å²) in [5, 5.41) is 7.45. The van der Waals surface area contributed by atoms with E-state index in [0.717, 1.165) is 29.5 Å². The number of rotatable bonds is 7. The highest BCUT2D eigenvalue weighted by molar-refractivity contribution is 5.80. The molecule has 1 aliphatic carbocycles. The first-order valence-corrected chi connectivity index (χ1v) is 12.4. The molecule has 0 atom stereocenters. The number of ether oxygens (including phenoxy) is 1. The molecule has 1 aliphatic rings. The lowest BCUT2D eigenvalue weighted by molar-refractivity contribution is -0.135. The number of carbonyl (C=O) groups excluding carboxylic acids is 1. The summed E-state index contributed by atoms with van der Waals surface area (Å²) in [5.41, 5.74) is 5.20. The summed E-state index contributed by atoms with van der Waals surface area (Å²) in [6.07, 6.45) is 1.84. The zero-order chi connectivity index (χ0) is 26.1. The van der Waals surface area contributed by atoms with Crippen LogP contribution in [-0.4, -0.2) is 16.1 Å². The van der Waals surface area contributed by atoms with E-state index in [1.165, 1.54) is 6.07 Å². The van der Waals surface area contributed by atoms with Gasteiger partial charge in [-0.25, -0.2) is 9.37 Å². The molecule has 1 saturated carbocycles. The van der Waals surface area contributed by atoms with Crippen LogP contribution >= 0.6 is 0 Å². The molecule has 7 heteroatoms. The van der Waals surface area contributed by atoms with E-state index in [-0.39, 0.29) is 17.7 Å². The number of hydrogen-bond donors (Lipinski definition) is 1. The molecule has 0 aliphatic heterocycles. The number of benzene rings is 3. The fourth-order valence-electron chi connectivity index (χ4n) is 4.21. The maximum absolute atomic E-state index is 14.3. The summed E-state index contributed by atoms with van der Waals surface area (Å²) >= 11 is 0. The molecule has 6 nitrogen and oxygen atoms in total. The van der Waals surface area contributed by atoms with E-state index in [2.05, 4.69) is 15.5 Å². The van der Waals surface area contributed by atoms with Crippen molar-refractivity contribution in [3.05, 3.63) is 103 Å². The van der Waals surface area contributed by atoms with Crippen molar-refractivity contribution in [3.63, 3.8) is 0 Å². The van der Waals surface area contributed by atoms with Gasteiger partial charge in [-0.05, 0) is 67.3 Å². The van der Waals surface area contributed by atoms with Crippen LogP contribution in [0.2, 0.25) is 0 Å². The molecule has 6 rings (SSSR count). The van der Waals surface area contributed by atoms with E-state index in [9.17, 15) is 9.18 Å². The Morgan fingerprint density at radius 2 is 1.58 bits per heavy atom. The molecule has 1 N–H and O–H groups in total. The van der Waals surface area contributed by atoms with E-state index in [4.69, 9.17) is 9.26 Å². The SMILES string of the molecule is Cc1noc(-c2ccc(-c3ccc(OC(=O)C4CC4)cc3)cc2)c1Nc1cccc(-c2ccccc2F)n1. The first-order chi connectivity index (χ1) is 18.5. The van der Waals surface area contributed by atoms with Gasteiger partial charge in [0.15, 0.2) is 5.76 Å². The fraction of sp³-hybridized carbons (Fsp3) is 0.129. The molecule has 1 fully saturated rings. The summed E-state index contributed by atoms with van der Waals surface area (Å²) in [7, 11) is 0. The Hall–Kier alpha value is -4.78. The number of carbonyl (C=O) groups is 1. The Morgan fingerprint density at radius 1 is 0.895 bits per heavy atom. The highest BCUT2D eigenvalue weighted by Crippen LogP contribution is 2.35. The maximum atomic E-state index is 14.3. The van der Waals surface area contributed by atoms with E-state index in [1.807, 2.05) is 67.6 Å². The summed E-state index contributed by atoms with van der Waals surface area (Å²) < 4.78 is 25.4. The van der Waals surface area contributed by atoms with Crippen LogP contribution in [0, 0.1) is 18.7 Å². The number of nitrogens with one attached hydrogen (secondary N) is 1. The van der Waals surface area contributed by atoms with Gasteiger partial charge in [-0.1, -0.05) is 59.8 Å². The molecule has 5 aromatic rings. The van der Waals surface area contributed by atoms with Gasteiger partial charge in [-0.15, -0.1) is 0 Å². The van der Waals surface area contributed by atoms with Crippen LogP contribution in [0.15, 0.2) is 95.5 Å². The monoisotopic (exact) mass is 505 g/mol. The van der Waals surface area contributed by atoms with Crippen molar-refractivity contribution in [1.82, 2.24) is 10.1 Å². The molecule has 0 bridgehead atoms. The van der Waals surface area contributed by atoms with Gasteiger partial charge in [0.05, 0.1) is 11.6 Å². The molecule has 0 spiro atoms. The number of nitrogens with zero attached hydrogens (tertiary/aromatic N) is 2. The number of hydrogen-bond acceptors (Lipinski definition) is 6. The lowest BCUT2D eigenvalue weighted by Gasteiger charge is -2.09. The van der Waals surface area contributed by atoms with Gasteiger partial charge in [-0.3, -0.25) is 4.79 Å². The third-order valence-electron chi connectivity index (χ3n) is 6.48. The summed E-state index contributed by atoms with van der Waals surface area (Å²) in [4.78, 5) is 16.5. The Labute approximate surface area is 219 Å². The number of aromatic nitrogens is 2. The zero-order valence-electron chi connectivity index (χ0n) is 20.6. The Balaban J connectivity index is 1.21. The van der Waals surface area contributed by atoms with Crippen molar-refractivity contribution in [2.45, 2.75) is 19.8 Å². The number of pyridine rings is 1. The van der Waals surface area contributed by atoms with Gasteiger partial charge < -0.3 is 14.6 Å². The lowest BCUT2D eigenvalue weighted by atomic mass is 10.0. The smallest absolute Gasteiger partial charge is 0.314 e. The van der Waals surface area contributed by atoms with Gasteiger partial charge in [0, 0.05) is 11.1 Å². The third-order valence-corrected chi connectivity index (χ3v) is 6.48. The fourth-order valence-corrected chi connectivity index (χ4v) is 4.21. The molecule has 188 valence electrons. The molecule has 0 radical (unpaired) electrons. The second-order valence-corrected chi connectivity index (χ2v) is 9.28. The standard InChI is InChI=1S/C31H24FN3O3/c1-19-29(34-28-8-4-7-27(33-28)25-5-2-3-6-26(25)32)30(38-35-19)22-11-9-20(10-12-22)21-15-17-24(18-16-21)37-31(36)23-13-14-23/h2-12,15-18,23H,13-14H2,1H3,(H,33,34). The Bertz CT molecular complexity index is 1610. The predicted molar refractivity (Wildman–Crippen MR) is 143 cm³/mol. The molecule has 0 amide bonds. The van der Waals surface area contributed by atoms with Crippen molar-refractivity contribution in [2.75, 3.05) is 5.32 Å². The molecule has 2 aromatic heterocycles. The average molecular weight is 506 g/mol. The van der Waals surface area contributed by atoms with E-state index in [0.29, 0.717) is 40.0 Å². The first-order valence-electron chi connectivity index (χ1n) is 12.4. The maximum Gasteiger partial charge on any atom is 0.314 e. The normalized spacial score (nSPS) is 12.8. The largest absolute Gasteiger partial charge is 0.426 e. The summed E-state index contributed by atoms with van der Waals surface area (Å²) in [6, 6.07) is 27.4. The van der Waals surface area contributed by atoms with Crippen LogP contribution in [0.3, 0.4) is 0 Å². The Kier molecular flexibility index (Phi) is 6.17. The highest BCUT2D eigenvalue weighted by Gasteiger charge is 2.31. The molecule has 0 unspecified atom stereocenters. The van der Waals surface area contributed by atoms with Crippen molar-refractivity contribution in [3.8, 4) is 39.5 Å². The number of aryl methyl sites for hydroxylation is 1. The van der Waals surface area contributed by atoms with Crippen molar-refractivity contribution >= 4 is 17.5 Å². The molecule has 3 aromatic carbocycles. The van der Waals surface area contributed by atoms with E-state index < -0.39 is 0 Å². The van der Waals surface area contributed by atoms with Gasteiger partial charge in [0.1, 0.15) is 28.8 Å². The van der Waals surface area contributed by atoms with Gasteiger partial charge in [0.25, 0.3) is 0 Å². The number of halogens is 1. The average Bonchev–Trinajstić information content (AvgIpc) is 3.74. The molecular weight excluding hydrogens is 481 g/mol. The molecular formula is C31H24FN3O3. The molecule has 0 saturated heterocycles. The quantitative estimate of drug-likeness (QED) is 0.181. The summed E-state index contributed by atoms with van der Waals surface area (Å²) in [6.45, 7) is 1.85. The predicted octanol–water partition coefficient (Wildman–Crippen LogP) is 7.58. The van der Waals surface area contributed by atoms with Crippen molar-refractivity contribution in [1.29, 1.82) is 0 Å². The van der Waals surface area contributed by atoms with Crippen LogP contribution in [0.25, 0.3) is 33.7 Å². The van der Waals surface area contributed by atoms with E-state index >= 15 is 0 Å². The third kappa shape index (κ3) is 4.91. The van der Waals surface area contributed by atoms with Gasteiger partial charge in [-0.2, -0.15) is 0 Å². The molecule has 38 heavy (non-hydrogen) atoms. The van der Waals surface area contributed by atoms with Gasteiger partial charge >= 0.3 is 5.97 Å². The molecule has 2 heterocycles. The second kappa shape index (κ2) is 9.94. The number of esters is 1. The van der Waals surface area contributed by atoms with Crippen LogP contribution < -0.4 is 10.1 Å². The van der Waals surface area contributed by atoms with Gasteiger partial charge in [0.2, 0.25) is 0 Å². The van der Waals surface area contributed by atoms with Crippen LogP contribution in [0.5, 0.6) is 5.75 Å². The van der Waals surface area contributed by atoms with E-state index in [1.54, 1.807) is 24.3 Å². The second-order valence-electron chi connectivity index (χ2n) is 9.28. The van der Waals surface area contributed by atoms with Crippen molar-refractivity contribution in [2.24, 2.45) is 5.92 Å².